The zero-order chi connectivity index (χ0) is 19.2. The minimum absolute atomic E-state index is 0.244. The third kappa shape index (κ3) is 3.91. The lowest BCUT2D eigenvalue weighted by atomic mass is 9.99. The summed E-state index contributed by atoms with van der Waals surface area (Å²) >= 11 is 0. The Labute approximate surface area is 162 Å². The van der Waals surface area contributed by atoms with Crippen LogP contribution in [-0.2, 0) is 0 Å². The van der Waals surface area contributed by atoms with Gasteiger partial charge in [-0.1, -0.05) is 30.3 Å². The van der Waals surface area contributed by atoms with Gasteiger partial charge in [-0.15, -0.1) is 0 Å². The molecule has 0 bridgehead atoms. The fourth-order valence-electron chi connectivity index (χ4n) is 2.87. The summed E-state index contributed by atoms with van der Waals surface area (Å²) in [7, 11) is 0. The Morgan fingerprint density at radius 3 is 1.96 bits per heavy atom. The molecule has 3 aromatic heterocycles. The van der Waals surface area contributed by atoms with Gasteiger partial charge in [0.15, 0.2) is 5.82 Å². The van der Waals surface area contributed by atoms with Crippen molar-refractivity contribution in [3.05, 3.63) is 108 Å². The minimum atomic E-state index is -0.295. The van der Waals surface area contributed by atoms with Crippen molar-refractivity contribution in [1.82, 2.24) is 25.3 Å². The van der Waals surface area contributed by atoms with E-state index >= 15 is 0 Å². The molecule has 1 atom stereocenters. The summed E-state index contributed by atoms with van der Waals surface area (Å²) in [4.78, 5) is 29.5. The predicted octanol–water partition coefficient (Wildman–Crippen LogP) is 3.45. The first kappa shape index (κ1) is 17.5. The third-order valence-corrected chi connectivity index (χ3v) is 4.30. The molecule has 0 saturated carbocycles. The van der Waals surface area contributed by atoms with E-state index < -0.39 is 0 Å². The highest BCUT2D eigenvalue weighted by atomic mass is 16.1. The van der Waals surface area contributed by atoms with Crippen molar-refractivity contribution in [3.63, 3.8) is 0 Å². The number of pyridine rings is 2. The molecule has 0 fully saturated rings. The van der Waals surface area contributed by atoms with Gasteiger partial charge in [-0.2, -0.15) is 0 Å². The van der Waals surface area contributed by atoms with Crippen LogP contribution in [0.25, 0.3) is 11.4 Å². The maximum atomic E-state index is 12.8. The van der Waals surface area contributed by atoms with Crippen molar-refractivity contribution in [2.45, 2.75) is 6.04 Å². The molecule has 0 saturated heterocycles. The number of benzene rings is 1. The zero-order valence-electron chi connectivity index (χ0n) is 14.9. The standard InChI is InChI=1S/C22H17N5O/c28-22(19-14-25-21(26-15-19)18-8-12-24-13-9-18)27-20(16-4-2-1-3-5-16)17-6-10-23-11-7-17/h1-15,20H,(H,27,28). The van der Waals surface area contributed by atoms with Gasteiger partial charge in [-0.05, 0) is 35.4 Å². The van der Waals surface area contributed by atoms with Crippen LogP contribution in [0.15, 0.2) is 91.8 Å². The van der Waals surface area contributed by atoms with Crippen LogP contribution in [0.5, 0.6) is 0 Å². The van der Waals surface area contributed by atoms with E-state index in [1.165, 1.54) is 12.4 Å². The Kier molecular flexibility index (Phi) is 5.11. The molecular formula is C22H17N5O. The molecule has 0 aliphatic heterocycles. The van der Waals surface area contributed by atoms with Crippen LogP contribution in [0.2, 0.25) is 0 Å². The van der Waals surface area contributed by atoms with Crippen LogP contribution >= 0.6 is 0 Å². The Hall–Kier alpha value is -3.93. The average molecular weight is 367 g/mol. The van der Waals surface area contributed by atoms with Gasteiger partial charge in [0.25, 0.3) is 5.91 Å². The van der Waals surface area contributed by atoms with Crippen LogP contribution < -0.4 is 5.32 Å². The fourth-order valence-corrected chi connectivity index (χ4v) is 2.87. The highest BCUT2D eigenvalue weighted by molar-refractivity contribution is 5.94. The highest BCUT2D eigenvalue weighted by Gasteiger charge is 2.18. The van der Waals surface area contributed by atoms with E-state index in [2.05, 4.69) is 25.3 Å². The van der Waals surface area contributed by atoms with Crippen molar-refractivity contribution in [3.8, 4) is 11.4 Å². The van der Waals surface area contributed by atoms with Crippen LogP contribution in [-0.4, -0.2) is 25.8 Å². The molecule has 4 rings (SSSR count). The highest BCUT2D eigenvalue weighted by Crippen LogP contribution is 2.22. The van der Waals surface area contributed by atoms with Crippen LogP contribution in [0.3, 0.4) is 0 Å². The monoisotopic (exact) mass is 367 g/mol. The van der Waals surface area contributed by atoms with Gasteiger partial charge in [0.2, 0.25) is 0 Å². The number of carbonyl (C=O) groups is 1. The summed E-state index contributed by atoms with van der Waals surface area (Å²) in [6, 6.07) is 16.9. The number of rotatable bonds is 5. The topological polar surface area (TPSA) is 80.7 Å². The van der Waals surface area contributed by atoms with Crippen LogP contribution in [0.1, 0.15) is 27.5 Å². The second-order valence-corrected chi connectivity index (χ2v) is 6.13. The first-order chi connectivity index (χ1) is 13.8. The summed E-state index contributed by atoms with van der Waals surface area (Å²) in [5.41, 5.74) is 3.17. The van der Waals surface area contributed by atoms with E-state index in [9.17, 15) is 4.79 Å². The molecule has 0 aliphatic rings. The second kappa shape index (κ2) is 8.18. The van der Waals surface area contributed by atoms with E-state index in [4.69, 9.17) is 0 Å². The molecule has 4 aromatic rings. The molecule has 1 aromatic carbocycles. The normalized spacial score (nSPS) is 11.6. The number of hydrogen-bond donors (Lipinski definition) is 1. The van der Waals surface area contributed by atoms with Crippen molar-refractivity contribution >= 4 is 5.91 Å². The van der Waals surface area contributed by atoms with Crippen molar-refractivity contribution < 1.29 is 4.79 Å². The van der Waals surface area contributed by atoms with Gasteiger partial charge >= 0.3 is 0 Å². The molecule has 28 heavy (non-hydrogen) atoms. The molecule has 6 heteroatoms. The van der Waals surface area contributed by atoms with Gasteiger partial charge in [0, 0.05) is 42.7 Å². The van der Waals surface area contributed by atoms with Gasteiger partial charge in [0.1, 0.15) is 0 Å². The lowest BCUT2D eigenvalue weighted by molar-refractivity contribution is 0.0942. The molecule has 6 nitrogen and oxygen atoms in total. The lowest BCUT2D eigenvalue weighted by Gasteiger charge is -2.19. The van der Waals surface area contributed by atoms with Gasteiger partial charge in [-0.3, -0.25) is 14.8 Å². The van der Waals surface area contributed by atoms with Crippen LogP contribution in [0.4, 0.5) is 0 Å². The van der Waals surface area contributed by atoms with Crippen molar-refractivity contribution in [2.24, 2.45) is 0 Å². The Bertz CT molecular complexity index is 999. The molecule has 136 valence electrons. The summed E-state index contributed by atoms with van der Waals surface area (Å²) in [5.74, 6) is 0.305. The SMILES string of the molecule is O=C(NC(c1ccccc1)c1ccncc1)c1cnc(-c2ccncc2)nc1. The number of hydrogen-bond acceptors (Lipinski definition) is 5. The number of carbonyl (C=O) groups excluding carboxylic acids is 1. The zero-order valence-corrected chi connectivity index (χ0v) is 14.9. The van der Waals surface area contributed by atoms with Gasteiger partial charge < -0.3 is 5.32 Å². The molecule has 1 unspecified atom stereocenters. The first-order valence-corrected chi connectivity index (χ1v) is 8.79. The smallest absolute Gasteiger partial charge is 0.255 e. The molecule has 0 aliphatic carbocycles. The van der Waals surface area contributed by atoms with Gasteiger partial charge in [-0.25, -0.2) is 9.97 Å². The van der Waals surface area contributed by atoms with Crippen molar-refractivity contribution in [1.29, 1.82) is 0 Å². The Morgan fingerprint density at radius 1 is 0.750 bits per heavy atom. The minimum Gasteiger partial charge on any atom is -0.341 e. The molecule has 1 N–H and O–H groups in total. The fraction of sp³-hybridized carbons (Fsp3) is 0.0455. The summed E-state index contributed by atoms with van der Waals surface area (Å²) in [6.07, 6.45) is 9.85. The summed E-state index contributed by atoms with van der Waals surface area (Å²) < 4.78 is 0. The molecule has 0 spiro atoms. The predicted molar refractivity (Wildman–Crippen MR) is 105 cm³/mol. The lowest BCUT2D eigenvalue weighted by Crippen LogP contribution is -2.29. The van der Waals surface area contributed by atoms with Gasteiger partial charge in [0.05, 0.1) is 11.6 Å². The van der Waals surface area contributed by atoms with E-state index in [0.29, 0.717) is 11.4 Å². The number of amides is 1. The van der Waals surface area contributed by atoms with E-state index in [0.717, 1.165) is 16.7 Å². The van der Waals surface area contributed by atoms with E-state index in [1.807, 2.05) is 54.6 Å². The Balaban J connectivity index is 1.58. The summed E-state index contributed by atoms with van der Waals surface area (Å²) in [6.45, 7) is 0. The third-order valence-electron chi connectivity index (χ3n) is 4.30. The second-order valence-electron chi connectivity index (χ2n) is 6.13. The van der Waals surface area contributed by atoms with Crippen LogP contribution in [0, 0.1) is 0 Å². The quantitative estimate of drug-likeness (QED) is 0.584. The number of nitrogens with zero attached hydrogens (tertiary/aromatic N) is 4. The maximum Gasteiger partial charge on any atom is 0.255 e. The maximum absolute atomic E-state index is 12.8. The summed E-state index contributed by atoms with van der Waals surface area (Å²) in [5, 5.41) is 3.07. The van der Waals surface area contributed by atoms with Crippen molar-refractivity contribution in [2.75, 3.05) is 0 Å². The van der Waals surface area contributed by atoms with E-state index in [-0.39, 0.29) is 11.9 Å². The Morgan fingerprint density at radius 2 is 1.32 bits per heavy atom. The largest absolute Gasteiger partial charge is 0.341 e. The van der Waals surface area contributed by atoms with E-state index in [1.54, 1.807) is 24.8 Å². The molecule has 0 radical (unpaired) electrons. The number of aromatic nitrogens is 4. The number of nitrogens with one attached hydrogen (secondary N) is 1. The molecule has 1 amide bonds. The molecular weight excluding hydrogens is 350 g/mol. The molecule has 3 heterocycles. The first-order valence-electron chi connectivity index (χ1n) is 8.79. The average Bonchev–Trinajstić information content (AvgIpc) is 2.79.